The summed E-state index contributed by atoms with van der Waals surface area (Å²) in [6.45, 7) is 0. The van der Waals surface area contributed by atoms with Crippen molar-refractivity contribution in [2.75, 3.05) is 5.75 Å². The maximum Gasteiger partial charge on any atom is 0.303 e. The van der Waals surface area contributed by atoms with E-state index >= 15 is 0 Å². The zero-order chi connectivity index (χ0) is 22.0. The molecule has 140 valence electrons. The van der Waals surface area contributed by atoms with Gasteiger partial charge in [0.2, 0.25) is 0 Å². The molecular formula is C22H28O2S2. The van der Waals surface area contributed by atoms with Gasteiger partial charge in [0, 0.05) is 28.6 Å². The molecule has 0 radical (unpaired) electrons. The van der Waals surface area contributed by atoms with Crippen LogP contribution in [-0.2, 0) is 16.3 Å². The van der Waals surface area contributed by atoms with Gasteiger partial charge in [0.15, 0.2) is 0 Å². The van der Waals surface area contributed by atoms with Crippen LogP contribution in [0, 0.1) is 0 Å². The van der Waals surface area contributed by atoms with Gasteiger partial charge in [-0.15, -0.1) is 0 Å². The number of hydrogen-bond acceptors (Lipinski definition) is 3. The Morgan fingerprint density at radius 3 is 2.27 bits per heavy atom. The zero-order valence-corrected chi connectivity index (χ0v) is 16.4. The van der Waals surface area contributed by atoms with Crippen molar-refractivity contribution in [1.29, 1.82) is 0 Å². The third kappa shape index (κ3) is 9.35. The lowest BCUT2D eigenvalue weighted by atomic mass is 10.1. The van der Waals surface area contributed by atoms with E-state index in [2.05, 4.69) is 12.1 Å². The second-order valence-corrected chi connectivity index (χ2v) is 8.09. The largest absolute Gasteiger partial charge is 0.481 e. The van der Waals surface area contributed by atoms with Gasteiger partial charge in [-0.25, -0.2) is 0 Å². The summed E-state index contributed by atoms with van der Waals surface area (Å²) in [7, 11) is 0. The molecule has 0 spiro atoms. The standard InChI is InChI=1S/C22H28O2S2/c23-22(24)14-8-7-13-21(26-18-20-11-5-2-6-12-20)15-16-25-17-19-9-3-1-4-10-19/h1-6,9-12,21H,7-8,13-18H2,(H,23,24)/i14D2,17D2. The van der Waals surface area contributed by atoms with Gasteiger partial charge in [0.1, 0.15) is 0 Å². The van der Waals surface area contributed by atoms with E-state index in [9.17, 15) is 4.79 Å². The van der Waals surface area contributed by atoms with Gasteiger partial charge in [-0.2, -0.15) is 23.5 Å². The van der Waals surface area contributed by atoms with E-state index in [-0.39, 0.29) is 11.7 Å². The molecule has 0 aromatic heterocycles. The van der Waals surface area contributed by atoms with Gasteiger partial charge < -0.3 is 5.11 Å². The van der Waals surface area contributed by atoms with Gasteiger partial charge in [-0.1, -0.05) is 67.1 Å². The second kappa shape index (κ2) is 12.9. The van der Waals surface area contributed by atoms with Crippen LogP contribution in [0.1, 0.15) is 48.7 Å². The number of hydrogen-bond donors (Lipinski definition) is 1. The summed E-state index contributed by atoms with van der Waals surface area (Å²) >= 11 is 3.05. The number of thioether (sulfide) groups is 2. The van der Waals surface area contributed by atoms with Crippen molar-refractivity contribution in [3.05, 3.63) is 71.8 Å². The fraction of sp³-hybridized carbons (Fsp3) is 0.409. The topological polar surface area (TPSA) is 37.3 Å². The van der Waals surface area contributed by atoms with Gasteiger partial charge in [-0.3, -0.25) is 4.79 Å². The molecule has 0 saturated heterocycles. The monoisotopic (exact) mass is 392 g/mol. The second-order valence-electron chi connectivity index (χ2n) is 5.90. The minimum absolute atomic E-state index is 0.0112. The van der Waals surface area contributed by atoms with Crippen molar-refractivity contribution in [2.45, 2.75) is 48.8 Å². The highest BCUT2D eigenvalue weighted by molar-refractivity contribution is 7.99. The third-order valence-electron chi connectivity index (χ3n) is 3.81. The number of carboxylic acid groups (broad SMARTS) is 1. The van der Waals surface area contributed by atoms with E-state index in [0.717, 1.165) is 12.2 Å². The molecule has 0 heterocycles. The van der Waals surface area contributed by atoms with Crippen LogP contribution >= 0.6 is 23.5 Å². The average Bonchev–Trinajstić information content (AvgIpc) is 2.72. The van der Waals surface area contributed by atoms with Crippen molar-refractivity contribution < 1.29 is 15.4 Å². The van der Waals surface area contributed by atoms with Crippen molar-refractivity contribution in [3.8, 4) is 0 Å². The lowest BCUT2D eigenvalue weighted by Crippen LogP contribution is -2.06. The average molecular weight is 393 g/mol. The van der Waals surface area contributed by atoms with Crippen molar-refractivity contribution in [2.24, 2.45) is 0 Å². The summed E-state index contributed by atoms with van der Waals surface area (Å²) < 4.78 is 31.8. The van der Waals surface area contributed by atoms with Crippen LogP contribution < -0.4 is 0 Å². The Bertz CT molecular complexity index is 773. The zero-order valence-electron chi connectivity index (χ0n) is 18.8. The highest BCUT2D eigenvalue weighted by Crippen LogP contribution is 2.27. The van der Waals surface area contributed by atoms with Crippen LogP contribution in [0.4, 0.5) is 0 Å². The van der Waals surface area contributed by atoms with E-state index in [4.69, 9.17) is 10.6 Å². The smallest absolute Gasteiger partial charge is 0.303 e. The normalized spacial score (nSPS) is 15.4. The van der Waals surface area contributed by atoms with Gasteiger partial charge in [-0.05, 0) is 36.1 Å². The molecule has 0 aliphatic heterocycles. The first-order valence-corrected chi connectivity index (χ1v) is 10.8. The van der Waals surface area contributed by atoms with E-state index in [1.165, 1.54) is 17.3 Å². The Morgan fingerprint density at radius 2 is 1.62 bits per heavy atom. The molecule has 4 heteroatoms. The summed E-state index contributed by atoms with van der Waals surface area (Å²) in [5.41, 5.74) is 0.398. The summed E-state index contributed by atoms with van der Waals surface area (Å²) in [4.78, 5) is 11.0. The molecule has 1 atom stereocenters. The summed E-state index contributed by atoms with van der Waals surface area (Å²) in [5.74, 6) is 0.0518. The fourth-order valence-corrected chi connectivity index (χ4v) is 4.65. The number of benzene rings is 2. The maximum absolute atomic E-state index is 11.0. The minimum atomic E-state index is -2.20. The van der Waals surface area contributed by atoms with Crippen LogP contribution in [-0.4, -0.2) is 22.1 Å². The number of aliphatic carboxylic acids is 1. The molecule has 0 saturated carbocycles. The van der Waals surface area contributed by atoms with Crippen LogP contribution in [0.15, 0.2) is 60.7 Å². The summed E-state index contributed by atoms with van der Waals surface area (Å²) in [6.07, 6.45) is -0.233. The van der Waals surface area contributed by atoms with Gasteiger partial charge in [0.05, 0.1) is 0 Å². The van der Waals surface area contributed by atoms with Crippen molar-refractivity contribution >= 4 is 29.5 Å². The molecule has 2 nitrogen and oxygen atoms in total. The maximum atomic E-state index is 11.0. The highest BCUT2D eigenvalue weighted by atomic mass is 32.2. The SMILES string of the molecule is [2H]C([2H])(CCCC(CCSC([2H])([2H])c1ccccc1)SCc1ccccc1)C(=O)O. The Labute approximate surface area is 171 Å². The highest BCUT2D eigenvalue weighted by Gasteiger charge is 2.10. The number of carbonyl (C=O) groups is 1. The van der Waals surface area contributed by atoms with E-state index in [1.807, 2.05) is 36.4 Å². The first kappa shape index (κ1) is 15.6. The molecule has 1 N–H and O–H groups in total. The minimum Gasteiger partial charge on any atom is -0.481 e. The molecule has 2 aromatic rings. The lowest BCUT2D eigenvalue weighted by molar-refractivity contribution is -0.137. The summed E-state index contributed by atoms with van der Waals surface area (Å²) in [5, 5.41) is 9.19. The summed E-state index contributed by atoms with van der Waals surface area (Å²) in [6, 6.07) is 19.2. The van der Waals surface area contributed by atoms with E-state index < -0.39 is 18.0 Å². The third-order valence-corrected chi connectivity index (χ3v) is 6.08. The van der Waals surface area contributed by atoms with Crippen LogP contribution in [0.3, 0.4) is 0 Å². The molecule has 0 amide bonds. The lowest BCUT2D eigenvalue weighted by Gasteiger charge is -2.16. The predicted molar refractivity (Wildman–Crippen MR) is 115 cm³/mol. The van der Waals surface area contributed by atoms with Crippen LogP contribution in [0.25, 0.3) is 0 Å². The molecular weight excluding hydrogens is 360 g/mol. The molecule has 0 fully saturated rings. The first-order valence-electron chi connectivity index (χ1n) is 10.8. The molecule has 2 aromatic carbocycles. The Balaban J connectivity index is 1.90. The Morgan fingerprint density at radius 1 is 0.962 bits per heavy atom. The number of carboxylic acids is 1. The van der Waals surface area contributed by atoms with E-state index in [1.54, 1.807) is 23.9 Å². The van der Waals surface area contributed by atoms with E-state index in [0.29, 0.717) is 24.2 Å². The van der Waals surface area contributed by atoms with Gasteiger partial charge in [0.25, 0.3) is 0 Å². The first-order chi connectivity index (χ1) is 14.2. The van der Waals surface area contributed by atoms with Crippen LogP contribution in [0.2, 0.25) is 0 Å². The van der Waals surface area contributed by atoms with Crippen molar-refractivity contribution in [1.82, 2.24) is 0 Å². The molecule has 1 unspecified atom stereocenters. The quantitative estimate of drug-likeness (QED) is 0.437. The number of rotatable bonds is 13. The Kier molecular flexibility index (Phi) is 7.75. The Hall–Kier alpha value is -1.39. The van der Waals surface area contributed by atoms with Crippen LogP contribution in [0.5, 0.6) is 0 Å². The molecule has 26 heavy (non-hydrogen) atoms. The molecule has 0 aliphatic carbocycles. The molecule has 2 rings (SSSR count). The fourth-order valence-electron chi connectivity index (χ4n) is 2.46. The van der Waals surface area contributed by atoms with Crippen molar-refractivity contribution in [3.63, 3.8) is 0 Å². The van der Waals surface area contributed by atoms with Gasteiger partial charge >= 0.3 is 5.97 Å². The molecule has 0 aliphatic rings. The molecule has 0 bridgehead atoms. The predicted octanol–water partition coefficient (Wildman–Crippen LogP) is 6.26.